The average Bonchev–Trinajstić information content (AvgIpc) is 3.09. The minimum absolute atomic E-state index is 0.0222. The molecule has 4 nitrogen and oxygen atoms in total. The molecule has 1 heterocycles. The number of nitrogens with one attached hydrogen (secondary N) is 1. The van der Waals surface area contributed by atoms with Gasteiger partial charge in [0.05, 0.1) is 5.69 Å². The van der Waals surface area contributed by atoms with E-state index in [9.17, 15) is 4.79 Å². The van der Waals surface area contributed by atoms with Gasteiger partial charge in [0.25, 0.3) is 0 Å². The Labute approximate surface area is 129 Å². The van der Waals surface area contributed by atoms with Gasteiger partial charge in [-0.05, 0) is 35.4 Å². The third-order valence-electron chi connectivity index (χ3n) is 3.73. The van der Waals surface area contributed by atoms with Crippen LogP contribution in [0.1, 0.15) is 6.92 Å². The molecule has 0 fully saturated rings. The molecule has 3 rings (SSSR count). The summed E-state index contributed by atoms with van der Waals surface area (Å²) in [7, 11) is 1.77. The second-order valence-corrected chi connectivity index (χ2v) is 5.18. The van der Waals surface area contributed by atoms with Gasteiger partial charge in [0.2, 0.25) is 5.91 Å². The summed E-state index contributed by atoms with van der Waals surface area (Å²) in [6, 6.07) is 18.2. The first-order valence-electron chi connectivity index (χ1n) is 7.10. The van der Waals surface area contributed by atoms with Gasteiger partial charge in [-0.3, -0.25) is 9.89 Å². The molecule has 1 amide bonds. The van der Waals surface area contributed by atoms with Gasteiger partial charge in [-0.15, -0.1) is 0 Å². The Balaban J connectivity index is 1.91. The van der Waals surface area contributed by atoms with Crippen LogP contribution < -0.4 is 4.90 Å². The van der Waals surface area contributed by atoms with E-state index in [-0.39, 0.29) is 5.91 Å². The van der Waals surface area contributed by atoms with E-state index in [1.54, 1.807) is 25.1 Å². The summed E-state index contributed by atoms with van der Waals surface area (Å²) in [6.07, 6.45) is 1.74. The standard InChI is InChI=1S/C18H17N3O/c1-13(22)21(2)17-8-6-14(7-9-17)15-4-3-5-16(12-15)18-10-11-19-20-18/h3-12H,1-2H3,(H,19,20). The normalized spacial score (nSPS) is 10.5. The zero-order valence-electron chi connectivity index (χ0n) is 12.6. The molecule has 110 valence electrons. The SMILES string of the molecule is CC(=O)N(C)c1ccc(-c2cccc(-c3ccn[nH]3)c2)cc1. The van der Waals surface area contributed by atoms with Gasteiger partial charge in [0.15, 0.2) is 0 Å². The van der Waals surface area contributed by atoms with E-state index in [1.165, 1.54) is 0 Å². The van der Waals surface area contributed by atoms with Crippen LogP contribution in [-0.2, 0) is 4.79 Å². The zero-order valence-corrected chi connectivity index (χ0v) is 12.6. The number of hydrogen-bond acceptors (Lipinski definition) is 2. The molecule has 0 saturated heterocycles. The zero-order chi connectivity index (χ0) is 15.5. The minimum atomic E-state index is 0.0222. The van der Waals surface area contributed by atoms with E-state index >= 15 is 0 Å². The maximum Gasteiger partial charge on any atom is 0.223 e. The highest BCUT2D eigenvalue weighted by atomic mass is 16.2. The number of carbonyl (C=O) groups is 1. The van der Waals surface area contributed by atoms with Crippen LogP contribution in [0.15, 0.2) is 60.8 Å². The maximum absolute atomic E-state index is 11.4. The number of anilines is 1. The molecule has 0 aliphatic heterocycles. The van der Waals surface area contributed by atoms with E-state index in [2.05, 4.69) is 28.4 Å². The number of hydrogen-bond donors (Lipinski definition) is 1. The van der Waals surface area contributed by atoms with Crippen LogP contribution in [0.3, 0.4) is 0 Å². The number of H-pyrrole nitrogens is 1. The summed E-state index contributed by atoms with van der Waals surface area (Å²) < 4.78 is 0. The Kier molecular flexibility index (Phi) is 3.74. The highest BCUT2D eigenvalue weighted by molar-refractivity contribution is 5.91. The summed E-state index contributed by atoms with van der Waals surface area (Å²) in [5.74, 6) is 0.0222. The van der Waals surface area contributed by atoms with Crippen molar-refractivity contribution in [3.8, 4) is 22.4 Å². The van der Waals surface area contributed by atoms with E-state index < -0.39 is 0 Å². The molecule has 2 aromatic carbocycles. The lowest BCUT2D eigenvalue weighted by atomic mass is 10.0. The number of benzene rings is 2. The Morgan fingerprint density at radius 2 is 1.73 bits per heavy atom. The summed E-state index contributed by atoms with van der Waals surface area (Å²) >= 11 is 0. The van der Waals surface area contributed by atoms with Crippen LogP contribution in [0.2, 0.25) is 0 Å². The Bertz CT molecular complexity index is 776. The van der Waals surface area contributed by atoms with Gasteiger partial charge in [0, 0.05) is 31.4 Å². The topological polar surface area (TPSA) is 49.0 Å². The molecule has 0 saturated carbocycles. The van der Waals surface area contributed by atoms with E-state index in [4.69, 9.17) is 0 Å². The van der Waals surface area contributed by atoms with Crippen LogP contribution in [-0.4, -0.2) is 23.2 Å². The Morgan fingerprint density at radius 1 is 1.00 bits per heavy atom. The van der Waals surface area contributed by atoms with Crippen LogP contribution in [0, 0.1) is 0 Å². The second kappa shape index (κ2) is 5.85. The molecule has 0 aliphatic rings. The van der Waals surface area contributed by atoms with Crippen molar-refractivity contribution < 1.29 is 4.79 Å². The summed E-state index contributed by atoms with van der Waals surface area (Å²) in [5.41, 5.74) is 5.22. The molecule has 3 aromatic rings. The van der Waals surface area contributed by atoms with Crippen LogP contribution in [0.5, 0.6) is 0 Å². The van der Waals surface area contributed by atoms with Gasteiger partial charge in [-0.1, -0.05) is 30.3 Å². The monoisotopic (exact) mass is 291 g/mol. The first-order valence-corrected chi connectivity index (χ1v) is 7.10. The van der Waals surface area contributed by atoms with Crippen molar-refractivity contribution in [2.75, 3.05) is 11.9 Å². The quantitative estimate of drug-likeness (QED) is 0.799. The van der Waals surface area contributed by atoms with Crippen molar-refractivity contribution in [1.29, 1.82) is 0 Å². The van der Waals surface area contributed by atoms with Crippen molar-refractivity contribution in [3.63, 3.8) is 0 Å². The molecule has 0 bridgehead atoms. The fourth-order valence-corrected chi connectivity index (χ4v) is 2.34. The van der Waals surface area contributed by atoms with Crippen LogP contribution >= 0.6 is 0 Å². The number of amides is 1. The molecule has 22 heavy (non-hydrogen) atoms. The van der Waals surface area contributed by atoms with Crippen LogP contribution in [0.25, 0.3) is 22.4 Å². The fraction of sp³-hybridized carbons (Fsp3) is 0.111. The molecule has 0 unspecified atom stereocenters. The lowest BCUT2D eigenvalue weighted by Gasteiger charge is -2.15. The molecule has 0 spiro atoms. The van der Waals surface area contributed by atoms with Crippen molar-refractivity contribution in [2.45, 2.75) is 6.92 Å². The molecule has 0 atom stereocenters. The molecule has 1 N–H and O–H groups in total. The molecule has 0 aliphatic carbocycles. The highest BCUT2D eigenvalue weighted by Gasteiger charge is 2.06. The summed E-state index contributed by atoms with van der Waals surface area (Å²) in [6.45, 7) is 1.56. The smallest absolute Gasteiger partial charge is 0.223 e. The predicted octanol–water partition coefficient (Wildman–Crippen LogP) is 3.73. The van der Waals surface area contributed by atoms with E-state index in [0.717, 1.165) is 28.1 Å². The predicted molar refractivity (Wildman–Crippen MR) is 88.5 cm³/mol. The lowest BCUT2D eigenvalue weighted by Crippen LogP contribution is -2.22. The number of nitrogens with zero attached hydrogens (tertiary/aromatic N) is 2. The Hall–Kier alpha value is -2.88. The average molecular weight is 291 g/mol. The number of carbonyl (C=O) groups excluding carboxylic acids is 1. The van der Waals surface area contributed by atoms with Crippen molar-refractivity contribution in [3.05, 3.63) is 60.8 Å². The van der Waals surface area contributed by atoms with Crippen molar-refractivity contribution in [2.24, 2.45) is 0 Å². The summed E-state index contributed by atoms with van der Waals surface area (Å²) in [5, 5.41) is 6.96. The minimum Gasteiger partial charge on any atom is -0.316 e. The third-order valence-corrected chi connectivity index (χ3v) is 3.73. The fourth-order valence-electron chi connectivity index (χ4n) is 2.34. The van der Waals surface area contributed by atoms with Gasteiger partial charge in [0.1, 0.15) is 0 Å². The number of aromatic nitrogens is 2. The summed E-state index contributed by atoms with van der Waals surface area (Å²) in [4.78, 5) is 13.0. The van der Waals surface area contributed by atoms with Gasteiger partial charge in [-0.2, -0.15) is 5.10 Å². The van der Waals surface area contributed by atoms with Gasteiger partial charge in [-0.25, -0.2) is 0 Å². The lowest BCUT2D eigenvalue weighted by molar-refractivity contribution is -0.116. The largest absolute Gasteiger partial charge is 0.316 e. The highest BCUT2D eigenvalue weighted by Crippen LogP contribution is 2.26. The molecular formula is C18H17N3O. The van der Waals surface area contributed by atoms with Crippen molar-refractivity contribution >= 4 is 11.6 Å². The number of rotatable bonds is 3. The Morgan fingerprint density at radius 3 is 2.36 bits per heavy atom. The third kappa shape index (κ3) is 2.76. The number of aromatic amines is 1. The molecular weight excluding hydrogens is 274 g/mol. The molecule has 4 heteroatoms. The first kappa shape index (κ1) is 14.1. The van der Waals surface area contributed by atoms with Gasteiger partial charge < -0.3 is 4.90 Å². The van der Waals surface area contributed by atoms with Crippen LogP contribution in [0.4, 0.5) is 5.69 Å². The first-order chi connectivity index (χ1) is 10.6. The van der Waals surface area contributed by atoms with E-state index in [1.807, 2.05) is 36.4 Å². The molecule has 0 radical (unpaired) electrons. The van der Waals surface area contributed by atoms with E-state index in [0.29, 0.717) is 0 Å². The molecule has 1 aromatic heterocycles. The van der Waals surface area contributed by atoms with Gasteiger partial charge >= 0.3 is 0 Å². The maximum atomic E-state index is 11.4. The van der Waals surface area contributed by atoms with Crippen molar-refractivity contribution in [1.82, 2.24) is 10.2 Å². The second-order valence-electron chi connectivity index (χ2n) is 5.18.